The van der Waals surface area contributed by atoms with Crippen molar-refractivity contribution >= 4 is 23.6 Å². The number of hydrogen-bond donors (Lipinski definition) is 5. The van der Waals surface area contributed by atoms with Gasteiger partial charge in [-0.2, -0.15) is 0 Å². The summed E-state index contributed by atoms with van der Waals surface area (Å²) >= 11 is 0.979. The molecule has 1 fully saturated rings. The van der Waals surface area contributed by atoms with Crippen LogP contribution in [-0.4, -0.2) is 74.8 Å². The van der Waals surface area contributed by atoms with E-state index in [1.54, 1.807) is 0 Å². The number of carboxylic acids is 1. The van der Waals surface area contributed by atoms with Crippen molar-refractivity contribution in [3.8, 4) is 0 Å². The minimum absolute atomic E-state index is 0.0293. The Bertz CT molecular complexity index is 537. The molecule has 6 atom stereocenters. The summed E-state index contributed by atoms with van der Waals surface area (Å²) in [5.41, 5.74) is 0. The van der Waals surface area contributed by atoms with E-state index in [1.165, 1.54) is 0 Å². The topological polar surface area (TPSA) is 146 Å². The molecule has 5 N–H and O–H groups in total. The molecule has 0 aromatic rings. The van der Waals surface area contributed by atoms with Crippen LogP contribution in [0.2, 0.25) is 0 Å². The molecule has 1 amide bonds. The van der Waals surface area contributed by atoms with Crippen LogP contribution >= 0.6 is 11.8 Å². The molecular weight excluding hydrogens is 318 g/mol. The number of thioether (sulfide) groups is 1. The highest BCUT2D eigenvalue weighted by atomic mass is 32.2. The van der Waals surface area contributed by atoms with Crippen LogP contribution in [-0.2, 0) is 19.1 Å². The predicted octanol–water partition coefficient (Wildman–Crippen LogP) is -2.26. The predicted molar refractivity (Wildman–Crippen MR) is 71.4 cm³/mol. The highest BCUT2D eigenvalue weighted by Crippen LogP contribution is 2.43. The van der Waals surface area contributed by atoms with Crippen LogP contribution in [0.5, 0.6) is 0 Å². The highest BCUT2D eigenvalue weighted by molar-refractivity contribution is 8.04. The Balaban J connectivity index is 1.85. The average molecular weight is 333 g/mol. The van der Waals surface area contributed by atoms with Gasteiger partial charge in [-0.15, -0.1) is 11.8 Å². The van der Waals surface area contributed by atoms with Crippen LogP contribution in [0.1, 0.15) is 6.42 Å². The van der Waals surface area contributed by atoms with E-state index in [-0.39, 0.29) is 17.1 Å². The van der Waals surface area contributed by atoms with Gasteiger partial charge in [0.1, 0.15) is 40.3 Å². The first-order chi connectivity index (χ1) is 10.4. The van der Waals surface area contributed by atoms with Crippen molar-refractivity contribution in [1.82, 2.24) is 5.32 Å². The van der Waals surface area contributed by atoms with Gasteiger partial charge in [0.25, 0.3) is 5.91 Å². The summed E-state index contributed by atoms with van der Waals surface area (Å²) in [6, 6.07) is -1.09. The molecule has 0 radical (unpaired) electrons. The summed E-state index contributed by atoms with van der Waals surface area (Å²) in [5, 5.41) is 39.7. The maximum absolute atomic E-state index is 12.0. The number of aliphatic carboxylic acids is 1. The van der Waals surface area contributed by atoms with Crippen LogP contribution in [0.3, 0.4) is 0 Å². The van der Waals surface area contributed by atoms with Gasteiger partial charge < -0.3 is 35.2 Å². The fourth-order valence-electron chi connectivity index (χ4n) is 2.60. The molecule has 0 aliphatic carbocycles. The summed E-state index contributed by atoms with van der Waals surface area (Å²) in [6.07, 6.45) is -4.56. The third-order valence-electron chi connectivity index (χ3n) is 3.79. The second kappa shape index (κ2) is 5.70. The molecule has 9 nitrogen and oxygen atoms in total. The van der Waals surface area contributed by atoms with Gasteiger partial charge in [-0.3, -0.25) is 4.79 Å². The summed E-state index contributed by atoms with van der Waals surface area (Å²) in [6.45, 7) is -0.500. The quantitative estimate of drug-likeness (QED) is 0.378. The lowest BCUT2D eigenvalue weighted by molar-refractivity contribution is -0.243. The number of amides is 1. The van der Waals surface area contributed by atoms with E-state index in [2.05, 4.69) is 5.32 Å². The zero-order valence-corrected chi connectivity index (χ0v) is 12.0. The largest absolute Gasteiger partial charge is 0.480 e. The van der Waals surface area contributed by atoms with E-state index in [0.29, 0.717) is 0 Å². The zero-order valence-electron chi connectivity index (χ0n) is 11.2. The van der Waals surface area contributed by atoms with Gasteiger partial charge in [0.05, 0.1) is 6.61 Å². The number of rotatable bonds is 2. The van der Waals surface area contributed by atoms with Crippen molar-refractivity contribution in [2.24, 2.45) is 0 Å². The SMILES string of the molecule is O=C1N[C@H](C(=O)O)CC2=C1S[C@H]1[C@@H](O2)O[C@H](CO)[C@H](O)[C@@H]1O. The molecule has 22 heavy (non-hydrogen) atoms. The number of carbonyl (C=O) groups excluding carboxylic acids is 1. The molecule has 122 valence electrons. The van der Waals surface area contributed by atoms with Gasteiger partial charge in [0.15, 0.2) is 0 Å². The van der Waals surface area contributed by atoms with Gasteiger partial charge in [0.2, 0.25) is 6.29 Å². The van der Waals surface area contributed by atoms with E-state index >= 15 is 0 Å². The normalized spacial score (nSPS) is 41.1. The Labute approximate surface area is 128 Å². The molecule has 0 aromatic heterocycles. The monoisotopic (exact) mass is 333 g/mol. The van der Waals surface area contributed by atoms with Crippen LogP contribution < -0.4 is 5.32 Å². The van der Waals surface area contributed by atoms with Gasteiger partial charge in [-0.25, -0.2) is 4.79 Å². The minimum atomic E-state index is -1.30. The average Bonchev–Trinajstić information content (AvgIpc) is 2.49. The molecule has 1 saturated heterocycles. The molecule has 3 aliphatic heterocycles. The van der Waals surface area contributed by atoms with E-state index in [1.807, 2.05) is 0 Å². The van der Waals surface area contributed by atoms with Crippen molar-refractivity contribution < 1.29 is 39.5 Å². The molecule has 0 bridgehead atoms. The number of aliphatic hydroxyl groups is 3. The summed E-state index contributed by atoms with van der Waals surface area (Å²) in [5.74, 6) is -1.59. The van der Waals surface area contributed by atoms with E-state index in [0.717, 1.165) is 11.8 Å². The fourth-order valence-corrected chi connectivity index (χ4v) is 3.83. The third kappa shape index (κ3) is 2.46. The number of hydrogen-bond acceptors (Lipinski definition) is 8. The maximum atomic E-state index is 12.0. The maximum Gasteiger partial charge on any atom is 0.326 e. The smallest absolute Gasteiger partial charge is 0.326 e. The Hall–Kier alpha value is -1.33. The Kier molecular flexibility index (Phi) is 4.03. The first kappa shape index (κ1) is 15.6. The van der Waals surface area contributed by atoms with E-state index < -0.39 is 54.4 Å². The summed E-state index contributed by atoms with van der Waals surface area (Å²) in [7, 11) is 0. The number of carboxylic acid groups (broad SMARTS) is 1. The summed E-state index contributed by atoms with van der Waals surface area (Å²) < 4.78 is 10.9. The number of carbonyl (C=O) groups is 2. The third-order valence-corrected chi connectivity index (χ3v) is 5.21. The number of fused-ring (bicyclic) bond motifs is 1. The Morgan fingerprint density at radius 2 is 2.09 bits per heavy atom. The van der Waals surface area contributed by atoms with Gasteiger partial charge >= 0.3 is 5.97 Å². The minimum Gasteiger partial charge on any atom is -0.480 e. The van der Waals surface area contributed by atoms with Crippen LogP contribution in [0.4, 0.5) is 0 Å². The second-order valence-corrected chi connectivity index (χ2v) is 6.42. The van der Waals surface area contributed by atoms with Gasteiger partial charge in [-0.05, 0) is 0 Å². The number of aliphatic hydroxyl groups excluding tert-OH is 3. The van der Waals surface area contributed by atoms with Crippen molar-refractivity contribution in [2.45, 2.75) is 42.3 Å². The molecule has 0 aromatic carbocycles. The van der Waals surface area contributed by atoms with Crippen LogP contribution in [0.15, 0.2) is 10.7 Å². The van der Waals surface area contributed by atoms with Crippen molar-refractivity contribution in [2.75, 3.05) is 6.61 Å². The first-order valence-corrected chi connectivity index (χ1v) is 7.53. The second-order valence-electron chi connectivity index (χ2n) is 5.23. The van der Waals surface area contributed by atoms with Crippen molar-refractivity contribution in [3.05, 3.63) is 10.7 Å². The zero-order chi connectivity index (χ0) is 16.0. The molecule has 3 aliphatic rings. The molecule has 3 rings (SSSR count). The standard InChI is InChI=1S/C12H15NO8S/c14-2-5-6(15)7(16)9-12(21-5)20-4-1-3(11(18)19)13-10(17)8(4)22-9/h3,5-7,9,12,14-16H,1-2H2,(H,13,17)(H,18,19)/t3-,5+,6-,7-,9+,12-/m0/s1. The fraction of sp³-hybridized carbons (Fsp3) is 0.667. The molecular formula is C12H15NO8S. The molecule has 0 unspecified atom stereocenters. The lowest BCUT2D eigenvalue weighted by Crippen LogP contribution is -2.60. The van der Waals surface area contributed by atoms with Gasteiger partial charge in [0, 0.05) is 6.42 Å². The van der Waals surface area contributed by atoms with Crippen molar-refractivity contribution in [3.63, 3.8) is 0 Å². The summed E-state index contributed by atoms with van der Waals surface area (Å²) in [4.78, 5) is 23.2. The molecule has 0 saturated carbocycles. The van der Waals surface area contributed by atoms with Crippen LogP contribution in [0.25, 0.3) is 0 Å². The number of nitrogens with one attached hydrogen (secondary N) is 1. The number of ether oxygens (including phenoxy) is 2. The Morgan fingerprint density at radius 3 is 2.73 bits per heavy atom. The van der Waals surface area contributed by atoms with Crippen molar-refractivity contribution in [1.29, 1.82) is 0 Å². The Morgan fingerprint density at radius 1 is 1.36 bits per heavy atom. The molecule has 10 heteroatoms. The lowest BCUT2D eigenvalue weighted by atomic mass is 10.0. The van der Waals surface area contributed by atoms with E-state index in [4.69, 9.17) is 19.7 Å². The lowest BCUT2D eigenvalue weighted by Gasteiger charge is -2.45. The van der Waals surface area contributed by atoms with Crippen LogP contribution in [0, 0.1) is 0 Å². The first-order valence-electron chi connectivity index (χ1n) is 6.65. The molecule has 0 spiro atoms. The van der Waals surface area contributed by atoms with E-state index in [9.17, 15) is 19.8 Å². The highest BCUT2D eigenvalue weighted by Gasteiger charge is 2.51. The molecule has 3 heterocycles. The van der Waals surface area contributed by atoms with Gasteiger partial charge in [-0.1, -0.05) is 0 Å².